The van der Waals surface area contributed by atoms with Crippen LogP contribution in [0.2, 0.25) is 0 Å². The highest BCUT2D eigenvalue weighted by atomic mass is 19.2. The van der Waals surface area contributed by atoms with Crippen molar-refractivity contribution in [1.29, 1.82) is 0 Å². The third-order valence-corrected chi connectivity index (χ3v) is 8.28. The van der Waals surface area contributed by atoms with Crippen molar-refractivity contribution in [2.45, 2.75) is 30.5 Å². The first-order valence-electron chi connectivity index (χ1n) is 13.2. The van der Waals surface area contributed by atoms with E-state index in [0.29, 0.717) is 17.5 Å². The van der Waals surface area contributed by atoms with E-state index in [1.165, 1.54) is 16.9 Å². The summed E-state index contributed by atoms with van der Waals surface area (Å²) in [7, 11) is 1.13. The fraction of sp³-hybridized carbons (Fsp3) is 0.345. The fourth-order valence-corrected chi connectivity index (χ4v) is 6.46. The minimum atomic E-state index is -1.02. The molecule has 2 unspecified atom stereocenters. The summed E-state index contributed by atoms with van der Waals surface area (Å²) < 4.78 is 52.3. The van der Waals surface area contributed by atoms with E-state index in [0.717, 1.165) is 24.3 Å². The van der Waals surface area contributed by atoms with Gasteiger partial charge in [-0.3, -0.25) is 19.3 Å². The molecule has 10 nitrogen and oxygen atoms in total. The molecule has 212 valence electrons. The van der Waals surface area contributed by atoms with E-state index in [1.54, 1.807) is 11.0 Å². The van der Waals surface area contributed by atoms with Crippen LogP contribution in [-0.4, -0.2) is 61.5 Å². The number of hydrogen-bond acceptors (Lipinski definition) is 8. The number of fused-ring (bicyclic) bond motifs is 7. The molecule has 2 aliphatic heterocycles. The molecule has 1 amide bonds. The van der Waals surface area contributed by atoms with Gasteiger partial charge in [0.25, 0.3) is 5.91 Å². The van der Waals surface area contributed by atoms with Crippen LogP contribution in [0.1, 0.15) is 57.0 Å². The number of methoxy groups -OCH3 is 1. The molecule has 7 rings (SSSR count). The number of benzene rings is 2. The minimum Gasteiger partial charge on any atom is -0.451 e. The van der Waals surface area contributed by atoms with Crippen molar-refractivity contribution < 1.29 is 37.3 Å². The van der Waals surface area contributed by atoms with Crippen LogP contribution >= 0.6 is 0 Å². The number of morpholine rings is 1. The number of aromatic nitrogens is 1. The molecule has 2 aromatic carbocycles. The molecule has 2 fully saturated rings. The van der Waals surface area contributed by atoms with Gasteiger partial charge in [0.05, 0.1) is 26.4 Å². The second kappa shape index (κ2) is 9.58. The lowest BCUT2D eigenvalue weighted by molar-refractivity contribution is -0.0208. The Hall–Kier alpha value is -4.45. The summed E-state index contributed by atoms with van der Waals surface area (Å²) in [6, 6.07) is 11.1. The molecule has 0 radical (unpaired) electrons. The van der Waals surface area contributed by atoms with E-state index in [-0.39, 0.29) is 43.0 Å². The molecular weight excluding hydrogens is 540 g/mol. The van der Waals surface area contributed by atoms with E-state index >= 15 is 4.39 Å². The average molecular weight is 566 g/mol. The first-order chi connectivity index (χ1) is 19.9. The number of carbonyl (C=O) groups excluding carboxylic acids is 2. The van der Waals surface area contributed by atoms with Crippen LogP contribution in [0.3, 0.4) is 0 Å². The van der Waals surface area contributed by atoms with Gasteiger partial charge >= 0.3 is 6.16 Å². The fourth-order valence-electron chi connectivity index (χ4n) is 6.46. The average Bonchev–Trinajstić information content (AvgIpc) is 3.78. The number of pyridine rings is 1. The smallest absolute Gasteiger partial charge is 0.451 e. The zero-order valence-corrected chi connectivity index (χ0v) is 21.9. The van der Waals surface area contributed by atoms with Crippen molar-refractivity contribution in [3.05, 3.63) is 98.5 Å². The van der Waals surface area contributed by atoms with Crippen LogP contribution in [-0.2, 0) is 14.2 Å². The van der Waals surface area contributed by atoms with E-state index in [2.05, 4.69) is 4.74 Å². The molecule has 12 heteroatoms. The van der Waals surface area contributed by atoms with Crippen molar-refractivity contribution in [2.75, 3.05) is 38.7 Å². The zero-order chi connectivity index (χ0) is 28.4. The molecule has 1 saturated heterocycles. The molecule has 1 saturated carbocycles. The number of ether oxygens (including phenoxy) is 4. The van der Waals surface area contributed by atoms with Crippen molar-refractivity contribution in [1.82, 2.24) is 9.58 Å². The zero-order valence-electron chi connectivity index (χ0n) is 21.9. The maximum Gasteiger partial charge on any atom is 0.510 e. The number of nitrogens with zero attached hydrogens (tertiary/aromatic N) is 3. The molecular formula is C29H25F2N3O7. The van der Waals surface area contributed by atoms with Crippen LogP contribution in [0.15, 0.2) is 53.5 Å². The number of halogens is 2. The van der Waals surface area contributed by atoms with Gasteiger partial charge in [-0.15, -0.1) is 0 Å². The minimum absolute atomic E-state index is 0.0271. The Kier molecular flexibility index (Phi) is 5.96. The van der Waals surface area contributed by atoms with E-state index < -0.39 is 48.1 Å². The summed E-state index contributed by atoms with van der Waals surface area (Å²) in [5.41, 5.74) is 2.11. The number of hydrogen-bond donors (Lipinski definition) is 0. The van der Waals surface area contributed by atoms with Crippen LogP contribution in [0.5, 0.6) is 5.75 Å². The van der Waals surface area contributed by atoms with Gasteiger partial charge < -0.3 is 23.8 Å². The van der Waals surface area contributed by atoms with Crippen molar-refractivity contribution >= 4 is 12.1 Å². The number of carbonyl (C=O) groups is 2. The van der Waals surface area contributed by atoms with Gasteiger partial charge in [-0.25, -0.2) is 13.6 Å². The Morgan fingerprint density at radius 2 is 1.85 bits per heavy atom. The predicted molar refractivity (Wildman–Crippen MR) is 138 cm³/mol. The molecule has 4 aliphatic rings. The van der Waals surface area contributed by atoms with Gasteiger partial charge in [-0.2, -0.15) is 0 Å². The number of amides is 1. The second-order valence-corrected chi connectivity index (χ2v) is 10.3. The third-order valence-electron chi connectivity index (χ3n) is 8.28. The SMILES string of the molecule is COC(=O)OCOc1c2n(ccc1=O)N([C@H]1c3ccccc3C3CC3c3c1ccc(F)c3F)[C@@H]1COCCN1C2=O. The van der Waals surface area contributed by atoms with Crippen molar-refractivity contribution in [3.63, 3.8) is 0 Å². The lowest BCUT2D eigenvalue weighted by Gasteiger charge is -2.51. The molecule has 3 aromatic rings. The third kappa shape index (κ3) is 3.88. The van der Waals surface area contributed by atoms with Gasteiger partial charge in [0, 0.05) is 24.4 Å². The normalized spacial score (nSPS) is 23.7. The monoisotopic (exact) mass is 565 g/mol. The standard InChI is InChI=1S/C29H25F2N3O7/c1-38-29(37)41-14-40-27-21(35)8-9-33-26(27)28(36)32-10-11-39-13-22(32)34(33)25-16-5-3-2-4-15(16)18-12-19(18)23-17(25)6-7-20(30)24(23)31/h2-9,18-19,22,25H,10-14H2,1H3/t18?,19?,22-,25+/m1/s1. The van der Waals surface area contributed by atoms with Crippen LogP contribution < -0.4 is 15.2 Å². The molecule has 0 bridgehead atoms. The first kappa shape index (κ1) is 25.5. The Morgan fingerprint density at radius 3 is 2.66 bits per heavy atom. The van der Waals surface area contributed by atoms with Gasteiger partial charge in [0.1, 0.15) is 6.17 Å². The summed E-state index contributed by atoms with van der Waals surface area (Å²) in [4.78, 5) is 39.9. The van der Waals surface area contributed by atoms with E-state index in [4.69, 9.17) is 14.2 Å². The summed E-state index contributed by atoms with van der Waals surface area (Å²) in [6.45, 7) is -0.0206. The van der Waals surface area contributed by atoms with Crippen LogP contribution in [0, 0.1) is 11.6 Å². The first-order valence-corrected chi connectivity index (χ1v) is 13.2. The highest BCUT2D eigenvalue weighted by Crippen LogP contribution is 2.61. The predicted octanol–water partition coefficient (Wildman–Crippen LogP) is 3.37. The topological polar surface area (TPSA) is 99.5 Å². The Balaban J connectivity index is 1.45. The quantitative estimate of drug-likeness (QED) is 0.351. The van der Waals surface area contributed by atoms with Crippen LogP contribution in [0.4, 0.5) is 13.6 Å². The molecule has 2 aliphatic carbocycles. The van der Waals surface area contributed by atoms with Gasteiger partial charge in [-0.05, 0) is 41.0 Å². The number of rotatable bonds is 4. The molecule has 3 heterocycles. The Labute approximate surface area is 232 Å². The summed E-state index contributed by atoms with van der Waals surface area (Å²) in [5, 5.41) is 1.86. The summed E-state index contributed by atoms with van der Waals surface area (Å²) >= 11 is 0. The molecule has 1 aromatic heterocycles. The highest BCUT2D eigenvalue weighted by Gasteiger charge is 2.52. The lowest BCUT2D eigenvalue weighted by atomic mass is 9.90. The Bertz CT molecular complexity index is 1640. The second-order valence-electron chi connectivity index (χ2n) is 10.3. The van der Waals surface area contributed by atoms with Crippen molar-refractivity contribution in [2.24, 2.45) is 0 Å². The molecule has 4 atom stereocenters. The van der Waals surface area contributed by atoms with E-state index in [1.807, 2.05) is 29.3 Å². The van der Waals surface area contributed by atoms with Crippen molar-refractivity contribution in [3.8, 4) is 5.75 Å². The largest absolute Gasteiger partial charge is 0.510 e. The molecule has 0 N–H and O–H groups in total. The summed E-state index contributed by atoms with van der Waals surface area (Å²) in [5.74, 6) is -2.73. The molecule has 0 spiro atoms. The van der Waals surface area contributed by atoms with Gasteiger partial charge in [0.15, 0.2) is 17.3 Å². The highest BCUT2D eigenvalue weighted by molar-refractivity contribution is 5.96. The maximum atomic E-state index is 15.5. The van der Waals surface area contributed by atoms with Crippen LogP contribution in [0.25, 0.3) is 0 Å². The Morgan fingerprint density at radius 1 is 1.05 bits per heavy atom. The maximum absolute atomic E-state index is 15.5. The molecule has 41 heavy (non-hydrogen) atoms. The van der Waals surface area contributed by atoms with E-state index in [9.17, 15) is 18.8 Å². The summed E-state index contributed by atoms with van der Waals surface area (Å²) in [6.07, 6.45) is 0.508. The van der Waals surface area contributed by atoms with Gasteiger partial charge in [0.2, 0.25) is 18.0 Å². The van der Waals surface area contributed by atoms with Gasteiger partial charge in [-0.1, -0.05) is 30.3 Å². The lowest BCUT2D eigenvalue weighted by Crippen LogP contribution is -2.66.